The average molecular weight is 518 g/mol. The topological polar surface area (TPSA) is 97.3 Å². The molecule has 10 heteroatoms. The molecular weight excluding hydrogens is 493 g/mol. The molecule has 2 aromatic carbocycles. The molecule has 8 nitrogen and oxygen atoms in total. The summed E-state index contributed by atoms with van der Waals surface area (Å²) in [4.78, 5) is 4.48. The molecule has 1 aromatic heterocycles. The molecule has 3 aromatic rings. The summed E-state index contributed by atoms with van der Waals surface area (Å²) in [7, 11) is 0. The largest absolute Gasteiger partial charge is 0.381 e. The number of halogens is 2. The zero-order valence-corrected chi connectivity index (χ0v) is 20.6. The Morgan fingerprint density at radius 3 is 2.70 bits per heavy atom. The summed E-state index contributed by atoms with van der Waals surface area (Å²) >= 11 is 6.73. The van der Waals surface area contributed by atoms with E-state index < -0.39 is 0 Å². The Labute approximate surface area is 218 Å². The van der Waals surface area contributed by atoms with Crippen LogP contribution in [0.5, 0.6) is 0 Å². The van der Waals surface area contributed by atoms with Gasteiger partial charge in [0.1, 0.15) is 11.9 Å². The van der Waals surface area contributed by atoms with Gasteiger partial charge in [0.05, 0.1) is 46.7 Å². The van der Waals surface area contributed by atoms with E-state index in [2.05, 4.69) is 43.9 Å². The number of fused-ring (bicyclic) bond motifs is 2. The summed E-state index contributed by atoms with van der Waals surface area (Å²) in [6.45, 7) is 1.49. The van der Waals surface area contributed by atoms with Crippen molar-refractivity contribution in [3.8, 4) is 6.07 Å². The second-order valence-corrected chi connectivity index (χ2v) is 10.5. The van der Waals surface area contributed by atoms with Gasteiger partial charge >= 0.3 is 0 Å². The molecule has 0 amide bonds. The van der Waals surface area contributed by atoms with Crippen molar-refractivity contribution in [1.82, 2.24) is 21.0 Å². The Kier molecular flexibility index (Phi) is 5.36. The number of hydrazine groups is 2. The summed E-state index contributed by atoms with van der Waals surface area (Å²) in [5, 5.41) is 20.3. The normalized spacial score (nSPS) is 24.7. The lowest BCUT2D eigenvalue weighted by Crippen LogP contribution is -2.38. The predicted molar refractivity (Wildman–Crippen MR) is 139 cm³/mol. The molecule has 4 atom stereocenters. The van der Waals surface area contributed by atoms with Crippen molar-refractivity contribution >= 4 is 33.9 Å². The fourth-order valence-corrected chi connectivity index (χ4v) is 5.67. The molecule has 4 aliphatic rings. The highest BCUT2D eigenvalue weighted by atomic mass is 35.5. The van der Waals surface area contributed by atoms with E-state index in [0.29, 0.717) is 34.0 Å². The van der Waals surface area contributed by atoms with Gasteiger partial charge in [0.2, 0.25) is 0 Å². The van der Waals surface area contributed by atoms with Crippen molar-refractivity contribution in [2.45, 2.75) is 31.0 Å². The van der Waals surface area contributed by atoms with Crippen LogP contribution in [0.3, 0.4) is 0 Å². The Bertz CT molecular complexity index is 1440. The number of benzene rings is 2. The number of ether oxygens (including phenoxy) is 1. The van der Waals surface area contributed by atoms with Crippen LogP contribution in [0.1, 0.15) is 30.0 Å². The zero-order valence-electron chi connectivity index (χ0n) is 19.8. The molecule has 2 aliphatic heterocycles. The number of nitriles is 1. The molecule has 1 saturated heterocycles. The van der Waals surface area contributed by atoms with Gasteiger partial charge in [0.25, 0.3) is 0 Å². The monoisotopic (exact) mass is 517 g/mol. The van der Waals surface area contributed by atoms with Crippen LogP contribution in [0.4, 0.5) is 15.8 Å². The number of anilines is 2. The number of hydrogen-bond donors (Lipinski definition) is 4. The van der Waals surface area contributed by atoms with E-state index in [9.17, 15) is 9.65 Å². The van der Waals surface area contributed by atoms with Gasteiger partial charge in [-0.1, -0.05) is 23.7 Å². The molecule has 4 N–H and O–H groups in total. The van der Waals surface area contributed by atoms with E-state index in [1.54, 1.807) is 18.3 Å². The number of nitrogens with zero attached hydrogens (tertiary/aromatic N) is 3. The van der Waals surface area contributed by atoms with Gasteiger partial charge in [-0.2, -0.15) is 5.26 Å². The highest BCUT2D eigenvalue weighted by Crippen LogP contribution is 2.47. The summed E-state index contributed by atoms with van der Waals surface area (Å²) in [6, 6.07) is 13.0. The zero-order chi connectivity index (χ0) is 25.1. The number of nitrogens with one attached hydrogen (secondary N) is 4. The highest BCUT2D eigenvalue weighted by Gasteiger charge is 2.54. The Balaban J connectivity index is 1.27. The van der Waals surface area contributed by atoms with Gasteiger partial charge in [-0.05, 0) is 42.7 Å². The maximum absolute atomic E-state index is 13.7. The van der Waals surface area contributed by atoms with E-state index in [1.807, 2.05) is 12.1 Å². The van der Waals surface area contributed by atoms with Gasteiger partial charge in [-0.3, -0.25) is 9.99 Å². The van der Waals surface area contributed by atoms with Crippen molar-refractivity contribution in [2.75, 3.05) is 23.8 Å². The molecule has 2 saturated carbocycles. The van der Waals surface area contributed by atoms with Crippen LogP contribution >= 0.6 is 11.6 Å². The highest BCUT2D eigenvalue weighted by molar-refractivity contribution is 6.35. The molecule has 0 bridgehead atoms. The third-order valence-corrected chi connectivity index (χ3v) is 7.97. The minimum Gasteiger partial charge on any atom is -0.381 e. The van der Waals surface area contributed by atoms with Crippen LogP contribution in [-0.4, -0.2) is 35.3 Å². The first-order valence-electron chi connectivity index (χ1n) is 12.5. The van der Waals surface area contributed by atoms with E-state index >= 15 is 0 Å². The Hall–Kier alpha value is -3.58. The minimum absolute atomic E-state index is 0.279. The minimum atomic E-state index is -0.297. The molecule has 3 heterocycles. The van der Waals surface area contributed by atoms with Gasteiger partial charge < -0.3 is 20.8 Å². The van der Waals surface area contributed by atoms with E-state index in [-0.39, 0.29) is 17.9 Å². The molecule has 3 fully saturated rings. The van der Waals surface area contributed by atoms with Gasteiger partial charge in [0.15, 0.2) is 0 Å². The first-order chi connectivity index (χ1) is 18.1. The fraction of sp³-hybridized carbons (Fsp3) is 0.333. The van der Waals surface area contributed by atoms with Gasteiger partial charge in [-0.15, -0.1) is 5.53 Å². The van der Waals surface area contributed by atoms with Crippen molar-refractivity contribution in [1.29, 1.82) is 5.26 Å². The summed E-state index contributed by atoms with van der Waals surface area (Å²) in [5.74, 6) is 0.650. The molecule has 0 radical (unpaired) electrons. The molecule has 2 aliphatic carbocycles. The van der Waals surface area contributed by atoms with Crippen LogP contribution in [0.15, 0.2) is 54.5 Å². The van der Waals surface area contributed by atoms with Crippen LogP contribution in [0, 0.1) is 29.0 Å². The molecule has 188 valence electrons. The van der Waals surface area contributed by atoms with E-state index in [1.165, 1.54) is 12.1 Å². The molecular formula is C27H25ClFN7O. The number of pyridine rings is 1. The number of rotatable bonds is 7. The molecule has 0 spiro atoms. The lowest BCUT2D eigenvalue weighted by Gasteiger charge is -2.22. The summed E-state index contributed by atoms with van der Waals surface area (Å²) in [5.41, 5.74) is 10.9. The Morgan fingerprint density at radius 1 is 1.19 bits per heavy atom. The quantitative estimate of drug-likeness (QED) is 0.365. The SMILES string of the molecule is N#Cc1cnc2c(Cl)cc(NC(C3=CN(C4CC4)NN3)c3ccc(F)cc3)cc2c1NC1[C@H]2COC[C@@H]12. The lowest BCUT2D eigenvalue weighted by atomic mass is 10.0. The van der Waals surface area contributed by atoms with Crippen LogP contribution < -0.4 is 21.6 Å². The molecule has 7 rings (SSSR count). The first-order valence-corrected chi connectivity index (χ1v) is 12.9. The average Bonchev–Trinajstić information content (AvgIpc) is 3.73. The maximum Gasteiger partial charge on any atom is 0.123 e. The van der Waals surface area contributed by atoms with Crippen molar-refractivity contribution in [3.05, 3.63) is 76.5 Å². The lowest BCUT2D eigenvalue weighted by molar-refractivity contribution is 0.162. The van der Waals surface area contributed by atoms with Crippen molar-refractivity contribution in [3.63, 3.8) is 0 Å². The number of hydrogen-bond acceptors (Lipinski definition) is 8. The van der Waals surface area contributed by atoms with E-state index in [4.69, 9.17) is 16.3 Å². The third kappa shape index (κ3) is 4.11. The maximum atomic E-state index is 13.7. The Morgan fingerprint density at radius 2 is 1.97 bits per heavy atom. The van der Waals surface area contributed by atoms with Gasteiger partial charge in [0, 0.05) is 47.4 Å². The van der Waals surface area contributed by atoms with Crippen LogP contribution in [-0.2, 0) is 4.74 Å². The summed E-state index contributed by atoms with van der Waals surface area (Å²) in [6.07, 6.45) is 5.92. The standard InChI is InChI=1S/C27H25ClFN7O/c28-22-8-17(7-19-24(15(9-30)10-31-27(19)22)33-26-20-12-37-13-21(20)26)32-25(14-1-3-16(29)4-2-14)23-11-36(35-34-23)18-5-6-18/h1-4,7-8,10-11,18,20-21,25-26,32,34-35H,5-6,12-13H2,(H,31,33)/t20-,21+,25?,26?. The second-order valence-electron chi connectivity index (χ2n) is 10.1. The van der Waals surface area contributed by atoms with Gasteiger partial charge in [-0.25, -0.2) is 4.39 Å². The van der Waals surface area contributed by atoms with Crippen LogP contribution in [0.25, 0.3) is 10.9 Å². The smallest absolute Gasteiger partial charge is 0.123 e. The van der Waals surface area contributed by atoms with Crippen molar-refractivity contribution < 1.29 is 9.13 Å². The summed E-state index contributed by atoms with van der Waals surface area (Å²) < 4.78 is 19.3. The predicted octanol–water partition coefficient (Wildman–Crippen LogP) is 4.44. The van der Waals surface area contributed by atoms with Crippen LogP contribution in [0.2, 0.25) is 5.02 Å². The molecule has 37 heavy (non-hydrogen) atoms. The second kappa shape index (κ2) is 8.77. The molecule has 2 unspecified atom stereocenters. The number of aromatic nitrogens is 1. The third-order valence-electron chi connectivity index (χ3n) is 7.68. The van der Waals surface area contributed by atoms with E-state index in [0.717, 1.165) is 54.1 Å². The first kappa shape index (κ1) is 22.6. The fourth-order valence-electron chi connectivity index (χ4n) is 5.41. The van der Waals surface area contributed by atoms with Crippen molar-refractivity contribution in [2.24, 2.45) is 11.8 Å².